The van der Waals surface area contributed by atoms with Gasteiger partial charge in [0.2, 0.25) is 11.8 Å². The van der Waals surface area contributed by atoms with Crippen molar-refractivity contribution in [2.45, 2.75) is 13.8 Å². The van der Waals surface area contributed by atoms with Crippen molar-refractivity contribution in [1.82, 2.24) is 16.0 Å². The van der Waals surface area contributed by atoms with Gasteiger partial charge in [0.25, 0.3) is 0 Å². The van der Waals surface area contributed by atoms with Crippen LogP contribution in [0.3, 0.4) is 0 Å². The predicted octanol–water partition coefficient (Wildman–Crippen LogP) is -0.889. The fourth-order valence-corrected chi connectivity index (χ4v) is 1.26. The first kappa shape index (κ1) is 15.9. The first-order chi connectivity index (χ1) is 7.94. The summed E-state index contributed by atoms with van der Waals surface area (Å²) in [4.78, 5) is 22.8. The molecule has 2 amide bonds. The molecule has 0 atom stereocenters. The van der Waals surface area contributed by atoms with Gasteiger partial charge in [0.05, 0.1) is 18.6 Å². The number of hydrogen-bond acceptors (Lipinski definition) is 4. The molecular formula is C11H23N3O3. The van der Waals surface area contributed by atoms with E-state index in [1.165, 1.54) is 0 Å². The molecule has 0 unspecified atom stereocenters. The molecule has 0 saturated carbocycles. The van der Waals surface area contributed by atoms with Gasteiger partial charge in [-0.15, -0.1) is 0 Å². The SMILES string of the molecule is CNC(=O)C(C)(C)CNCC(=O)NCCOC. The number of amides is 2. The molecular weight excluding hydrogens is 222 g/mol. The molecule has 3 N–H and O–H groups in total. The molecule has 6 nitrogen and oxygen atoms in total. The highest BCUT2D eigenvalue weighted by molar-refractivity contribution is 5.82. The summed E-state index contributed by atoms with van der Waals surface area (Å²) in [7, 11) is 3.18. The monoisotopic (exact) mass is 245 g/mol. The van der Waals surface area contributed by atoms with E-state index in [2.05, 4.69) is 16.0 Å². The lowest BCUT2D eigenvalue weighted by Gasteiger charge is -2.22. The summed E-state index contributed by atoms with van der Waals surface area (Å²) in [5, 5.41) is 8.23. The third kappa shape index (κ3) is 6.91. The third-order valence-electron chi connectivity index (χ3n) is 2.32. The smallest absolute Gasteiger partial charge is 0.234 e. The van der Waals surface area contributed by atoms with Gasteiger partial charge in [0.1, 0.15) is 0 Å². The Morgan fingerprint density at radius 2 is 1.94 bits per heavy atom. The maximum Gasteiger partial charge on any atom is 0.234 e. The highest BCUT2D eigenvalue weighted by Crippen LogP contribution is 2.12. The number of ether oxygens (including phenoxy) is 1. The van der Waals surface area contributed by atoms with Gasteiger partial charge in [0.15, 0.2) is 0 Å². The Kier molecular flexibility index (Phi) is 7.49. The van der Waals surface area contributed by atoms with Gasteiger partial charge in [-0.3, -0.25) is 9.59 Å². The van der Waals surface area contributed by atoms with Crippen molar-refractivity contribution in [2.75, 3.05) is 40.4 Å². The minimum atomic E-state index is -0.526. The average molecular weight is 245 g/mol. The summed E-state index contributed by atoms with van der Waals surface area (Å²) in [5.41, 5.74) is -0.526. The van der Waals surface area contributed by atoms with Gasteiger partial charge in [-0.1, -0.05) is 0 Å². The Bertz CT molecular complexity index is 254. The summed E-state index contributed by atoms with van der Waals surface area (Å²) in [6, 6.07) is 0. The van der Waals surface area contributed by atoms with Crippen LogP contribution in [0.4, 0.5) is 0 Å². The van der Waals surface area contributed by atoms with E-state index in [0.717, 1.165) is 0 Å². The molecule has 0 aromatic heterocycles. The molecule has 0 fully saturated rings. The molecule has 6 heteroatoms. The summed E-state index contributed by atoms with van der Waals surface area (Å²) < 4.78 is 4.81. The van der Waals surface area contributed by atoms with Gasteiger partial charge in [-0.2, -0.15) is 0 Å². The van der Waals surface area contributed by atoms with Crippen molar-refractivity contribution in [3.8, 4) is 0 Å². The van der Waals surface area contributed by atoms with Crippen molar-refractivity contribution in [3.05, 3.63) is 0 Å². The number of hydrogen-bond donors (Lipinski definition) is 3. The van der Waals surface area contributed by atoms with Crippen LogP contribution in [0.15, 0.2) is 0 Å². The first-order valence-corrected chi connectivity index (χ1v) is 5.62. The van der Waals surface area contributed by atoms with Gasteiger partial charge in [-0.05, 0) is 13.8 Å². The molecule has 0 saturated heterocycles. The van der Waals surface area contributed by atoms with E-state index in [9.17, 15) is 9.59 Å². The second kappa shape index (κ2) is 8.03. The van der Waals surface area contributed by atoms with Crippen LogP contribution < -0.4 is 16.0 Å². The molecule has 0 bridgehead atoms. The summed E-state index contributed by atoms with van der Waals surface area (Å²) in [6.07, 6.45) is 0. The molecule has 17 heavy (non-hydrogen) atoms. The van der Waals surface area contributed by atoms with E-state index in [-0.39, 0.29) is 18.4 Å². The number of methoxy groups -OCH3 is 1. The molecule has 100 valence electrons. The minimum absolute atomic E-state index is 0.0511. The Hall–Kier alpha value is -1.14. The second-order valence-electron chi connectivity index (χ2n) is 4.41. The molecule has 0 aromatic carbocycles. The zero-order chi connectivity index (χ0) is 13.3. The predicted molar refractivity (Wildman–Crippen MR) is 65.6 cm³/mol. The lowest BCUT2D eigenvalue weighted by atomic mass is 9.92. The molecule has 0 rings (SSSR count). The second-order valence-corrected chi connectivity index (χ2v) is 4.41. The quantitative estimate of drug-likeness (QED) is 0.485. The standard InChI is InChI=1S/C11H23N3O3/c1-11(2,10(16)12-3)8-13-7-9(15)14-5-6-17-4/h13H,5-8H2,1-4H3,(H,12,16)(H,14,15). The zero-order valence-electron chi connectivity index (χ0n) is 11.1. The van der Waals surface area contributed by atoms with Crippen molar-refractivity contribution in [1.29, 1.82) is 0 Å². The van der Waals surface area contributed by atoms with Crippen LogP contribution in [-0.2, 0) is 14.3 Å². The Labute approximate surface area is 102 Å². The Morgan fingerprint density at radius 3 is 2.47 bits per heavy atom. The molecule has 0 aliphatic rings. The van der Waals surface area contributed by atoms with Gasteiger partial charge in [0, 0.05) is 27.2 Å². The van der Waals surface area contributed by atoms with E-state index >= 15 is 0 Å². The molecule has 0 aliphatic heterocycles. The number of rotatable bonds is 8. The van der Waals surface area contributed by atoms with Crippen LogP contribution in [0.2, 0.25) is 0 Å². The van der Waals surface area contributed by atoms with Gasteiger partial charge in [-0.25, -0.2) is 0 Å². The van der Waals surface area contributed by atoms with E-state index in [1.807, 2.05) is 13.8 Å². The normalized spacial score (nSPS) is 11.1. The van der Waals surface area contributed by atoms with Crippen LogP contribution in [0.25, 0.3) is 0 Å². The van der Waals surface area contributed by atoms with E-state index < -0.39 is 5.41 Å². The molecule has 0 aliphatic carbocycles. The Morgan fingerprint density at radius 1 is 1.29 bits per heavy atom. The lowest BCUT2D eigenvalue weighted by molar-refractivity contribution is -0.129. The maximum atomic E-state index is 11.5. The van der Waals surface area contributed by atoms with Crippen LogP contribution in [-0.4, -0.2) is 52.2 Å². The van der Waals surface area contributed by atoms with Crippen molar-refractivity contribution in [2.24, 2.45) is 5.41 Å². The number of nitrogens with one attached hydrogen (secondary N) is 3. The zero-order valence-corrected chi connectivity index (χ0v) is 11.1. The highest BCUT2D eigenvalue weighted by Gasteiger charge is 2.25. The van der Waals surface area contributed by atoms with E-state index in [0.29, 0.717) is 19.7 Å². The fourth-order valence-electron chi connectivity index (χ4n) is 1.26. The lowest BCUT2D eigenvalue weighted by Crippen LogP contribution is -2.45. The summed E-state index contributed by atoms with van der Waals surface area (Å²) in [6.45, 7) is 5.28. The topological polar surface area (TPSA) is 79.5 Å². The van der Waals surface area contributed by atoms with Crippen LogP contribution in [0.1, 0.15) is 13.8 Å². The van der Waals surface area contributed by atoms with Gasteiger partial charge < -0.3 is 20.7 Å². The first-order valence-electron chi connectivity index (χ1n) is 5.62. The number of carbonyl (C=O) groups excluding carboxylic acids is 2. The van der Waals surface area contributed by atoms with E-state index in [4.69, 9.17) is 4.74 Å². The van der Waals surface area contributed by atoms with Crippen molar-refractivity contribution < 1.29 is 14.3 Å². The summed E-state index contributed by atoms with van der Waals surface area (Å²) >= 11 is 0. The number of carbonyl (C=O) groups is 2. The van der Waals surface area contributed by atoms with E-state index in [1.54, 1.807) is 14.2 Å². The van der Waals surface area contributed by atoms with Crippen LogP contribution in [0, 0.1) is 5.41 Å². The van der Waals surface area contributed by atoms with Crippen LogP contribution >= 0.6 is 0 Å². The summed E-state index contributed by atoms with van der Waals surface area (Å²) in [5.74, 6) is -0.153. The largest absolute Gasteiger partial charge is 0.383 e. The third-order valence-corrected chi connectivity index (χ3v) is 2.32. The molecule has 0 heterocycles. The molecule has 0 spiro atoms. The van der Waals surface area contributed by atoms with Crippen molar-refractivity contribution in [3.63, 3.8) is 0 Å². The minimum Gasteiger partial charge on any atom is -0.383 e. The van der Waals surface area contributed by atoms with Crippen molar-refractivity contribution >= 4 is 11.8 Å². The molecule has 0 aromatic rings. The van der Waals surface area contributed by atoms with Crippen LogP contribution in [0.5, 0.6) is 0 Å². The fraction of sp³-hybridized carbons (Fsp3) is 0.818. The molecule has 0 radical (unpaired) electrons. The van der Waals surface area contributed by atoms with Gasteiger partial charge >= 0.3 is 0 Å². The maximum absolute atomic E-state index is 11.5. The Balaban J connectivity index is 3.75. The average Bonchev–Trinajstić information content (AvgIpc) is 2.28. The highest BCUT2D eigenvalue weighted by atomic mass is 16.5.